The molecule has 8 rings (SSSR count). The van der Waals surface area contributed by atoms with E-state index in [0.717, 1.165) is 43.6 Å². The van der Waals surface area contributed by atoms with Crippen LogP contribution in [0.2, 0.25) is 10.0 Å². The number of alkyl halides is 1. The van der Waals surface area contributed by atoms with E-state index in [0.29, 0.717) is 42.9 Å². The lowest BCUT2D eigenvalue weighted by Crippen LogP contribution is -2.63. The second-order valence-electron chi connectivity index (χ2n) is 12.3. The number of aliphatic hydroxyl groups excluding tert-OH is 1. The van der Waals surface area contributed by atoms with Gasteiger partial charge in [0.1, 0.15) is 11.7 Å². The molecule has 9 nitrogen and oxygen atoms in total. The first-order chi connectivity index (χ1) is 21.2. The zero-order valence-corrected chi connectivity index (χ0v) is 25.8. The molecule has 1 aliphatic carbocycles. The standard InChI is InChI=1S/C31H28Cl2FN7O2S/c32-23-8-21(18-3-1-17(2-4-18)11-39-14-31(15-39)9-20(42)10-31)25(33)26-22(23)13-41(38-26)28(29(43)37-30-35-5-6-44-30)27-24-7-19(34)12-40(24)16-36-27/h1-6,8,13,16,19-20,28,42H,7,9-12,14-15H2,(H,35,37,43)/t19-,28-/m1/s1. The summed E-state index contributed by atoms with van der Waals surface area (Å²) in [5.41, 5.74) is 4.71. The minimum atomic E-state index is -1.04. The number of anilines is 1. The highest BCUT2D eigenvalue weighted by molar-refractivity contribution is 7.13. The van der Waals surface area contributed by atoms with Gasteiger partial charge in [0, 0.05) is 65.9 Å². The molecule has 1 spiro atoms. The Balaban J connectivity index is 1.10. The Kier molecular flexibility index (Phi) is 6.80. The number of imidazole rings is 1. The highest BCUT2D eigenvalue weighted by Gasteiger charge is 2.51. The third-order valence-corrected chi connectivity index (χ3v) is 10.4. The van der Waals surface area contributed by atoms with Gasteiger partial charge in [-0.3, -0.25) is 19.7 Å². The number of amides is 1. The van der Waals surface area contributed by atoms with Gasteiger partial charge in [-0.2, -0.15) is 5.10 Å². The SMILES string of the molecule is O=C(Nc1nccs1)[C@@H](c1ncn2c1C[C@@H](F)C2)n1cc2c(Cl)cc(-c3ccc(CN4CC5(CC(O)C5)C4)cc3)c(Cl)c2n1. The maximum atomic E-state index is 14.3. The Morgan fingerprint density at radius 3 is 2.73 bits per heavy atom. The predicted molar refractivity (Wildman–Crippen MR) is 168 cm³/mol. The van der Waals surface area contributed by atoms with Crippen LogP contribution in [0.4, 0.5) is 9.52 Å². The lowest BCUT2D eigenvalue weighted by atomic mass is 9.62. The molecule has 0 unspecified atom stereocenters. The van der Waals surface area contributed by atoms with Crippen molar-refractivity contribution >= 4 is 56.5 Å². The molecular weight excluding hydrogens is 624 g/mol. The van der Waals surface area contributed by atoms with Crippen molar-refractivity contribution in [2.75, 3.05) is 18.4 Å². The molecule has 2 aliphatic heterocycles. The van der Waals surface area contributed by atoms with E-state index in [4.69, 9.17) is 28.3 Å². The topological polar surface area (TPSA) is 101 Å². The first-order valence-electron chi connectivity index (χ1n) is 14.5. The molecule has 13 heteroatoms. The Labute approximate surface area is 266 Å². The average Bonchev–Trinajstić information content (AvgIpc) is 3.76. The molecule has 3 aliphatic rings. The van der Waals surface area contributed by atoms with Crippen LogP contribution in [0.3, 0.4) is 0 Å². The van der Waals surface area contributed by atoms with Gasteiger partial charge in [-0.25, -0.2) is 14.4 Å². The third-order valence-electron chi connectivity index (χ3n) is 9.05. The highest BCUT2D eigenvalue weighted by atomic mass is 35.5. The summed E-state index contributed by atoms with van der Waals surface area (Å²) in [6.07, 6.45) is 5.70. The number of carbonyl (C=O) groups is 1. The van der Waals surface area contributed by atoms with Gasteiger partial charge in [0.05, 0.1) is 34.7 Å². The number of hydrogen-bond donors (Lipinski definition) is 2. The van der Waals surface area contributed by atoms with E-state index < -0.39 is 18.1 Å². The number of rotatable bonds is 7. The quantitative estimate of drug-likeness (QED) is 0.233. The number of aromatic nitrogens is 5. The van der Waals surface area contributed by atoms with E-state index in [2.05, 4.69) is 32.3 Å². The number of halogens is 3. The molecule has 2 aromatic carbocycles. The lowest BCUT2D eigenvalue weighted by Gasteiger charge is -2.58. The summed E-state index contributed by atoms with van der Waals surface area (Å²) >= 11 is 15.1. The summed E-state index contributed by atoms with van der Waals surface area (Å²) in [5.74, 6) is -0.402. The van der Waals surface area contributed by atoms with E-state index in [1.165, 1.54) is 21.6 Å². The lowest BCUT2D eigenvalue weighted by molar-refractivity contribution is -0.131. The van der Waals surface area contributed by atoms with E-state index in [1.54, 1.807) is 28.7 Å². The number of aliphatic hydroxyl groups is 1. The highest BCUT2D eigenvalue weighted by Crippen LogP contribution is 2.48. The zero-order valence-electron chi connectivity index (χ0n) is 23.5. The summed E-state index contributed by atoms with van der Waals surface area (Å²) in [6, 6.07) is 9.08. The molecule has 3 aromatic heterocycles. The largest absolute Gasteiger partial charge is 0.393 e. The van der Waals surface area contributed by atoms with Gasteiger partial charge in [0.25, 0.3) is 5.91 Å². The van der Waals surface area contributed by atoms with Crippen LogP contribution < -0.4 is 5.32 Å². The van der Waals surface area contributed by atoms with Crippen molar-refractivity contribution in [1.82, 2.24) is 29.2 Å². The van der Waals surface area contributed by atoms with Gasteiger partial charge in [-0.15, -0.1) is 11.3 Å². The fourth-order valence-corrected chi connectivity index (χ4v) is 8.16. The first kappa shape index (κ1) is 28.1. The third kappa shape index (κ3) is 4.82. The number of carbonyl (C=O) groups excluding carboxylic acids is 1. The molecule has 2 N–H and O–H groups in total. The molecule has 5 aromatic rings. The molecule has 1 saturated heterocycles. The summed E-state index contributed by atoms with van der Waals surface area (Å²) in [4.78, 5) is 24.8. The van der Waals surface area contributed by atoms with E-state index in [1.807, 2.05) is 18.2 Å². The minimum absolute atomic E-state index is 0.126. The summed E-state index contributed by atoms with van der Waals surface area (Å²) < 4.78 is 17.6. The maximum Gasteiger partial charge on any atom is 0.257 e. The normalized spacial score (nSPS) is 20.0. The molecule has 2 fully saturated rings. The van der Waals surface area contributed by atoms with Crippen LogP contribution >= 0.6 is 34.5 Å². The summed E-state index contributed by atoms with van der Waals surface area (Å²) in [5, 5.41) is 21.0. The monoisotopic (exact) mass is 651 g/mol. The van der Waals surface area contributed by atoms with Crippen LogP contribution in [0.25, 0.3) is 22.0 Å². The maximum absolute atomic E-state index is 14.3. The molecule has 226 valence electrons. The van der Waals surface area contributed by atoms with Crippen LogP contribution in [-0.2, 0) is 24.3 Å². The second-order valence-corrected chi connectivity index (χ2v) is 13.9. The molecule has 0 radical (unpaired) electrons. The summed E-state index contributed by atoms with van der Waals surface area (Å²) in [7, 11) is 0. The van der Waals surface area contributed by atoms with Gasteiger partial charge < -0.3 is 9.67 Å². The fraction of sp³-hybridized carbons (Fsp3) is 0.355. The van der Waals surface area contributed by atoms with Crippen molar-refractivity contribution in [3.63, 3.8) is 0 Å². The van der Waals surface area contributed by atoms with Crippen LogP contribution in [0.5, 0.6) is 0 Å². The second kappa shape index (κ2) is 10.6. The predicted octanol–water partition coefficient (Wildman–Crippen LogP) is 5.74. The molecule has 5 heterocycles. The Morgan fingerprint density at radius 1 is 1.20 bits per heavy atom. The van der Waals surface area contributed by atoms with Gasteiger partial charge in [-0.1, -0.05) is 47.5 Å². The van der Waals surface area contributed by atoms with Crippen molar-refractivity contribution in [2.45, 2.75) is 50.7 Å². The molecular formula is C31H28Cl2FN7O2S. The van der Waals surface area contributed by atoms with Crippen molar-refractivity contribution in [2.24, 2.45) is 5.41 Å². The number of benzene rings is 2. The Morgan fingerprint density at radius 2 is 2.00 bits per heavy atom. The van der Waals surface area contributed by atoms with Gasteiger partial charge in [-0.05, 0) is 30.0 Å². The average molecular weight is 653 g/mol. The van der Waals surface area contributed by atoms with Gasteiger partial charge in [0.15, 0.2) is 11.2 Å². The van der Waals surface area contributed by atoms with Crippen molar-refractivity contribution in [3.05, 3.63) is 81.4 Å². The number of likely N-dealkylation sites (tertiary alicyclic amines) is 1. The van der Waals surface area contributed by atoms with Gasteiger partial charge in [0.2, 0.25) is 0 Å². The molecule has 1 amide bonds. The smallest absolute Gasteiger partial charge is 0.257 e. The van der Waals surface area contributed by atoms with Crippen LogP contribution in [-0.4, -0.2) is 65.6 Å². The number of nitrogens with one attached hydrogen (secondary N) is 1. The molecule has 44 heavy (non-hydrogen) atoms. The molecule has 2 atom stereocenters. The molecule has 0 bridgehead atoms. The van der Waals surface area contributed by atoms with Crippen molar-refractivity contribution in [1.29, 1.82) is 0 Å². The Bertz CT molecular complexity index is 1880. The number of fused-ring (bicyclic) bond motifs is 2. The summed E-state index contributed by atoms with van der Waals surface area (Å²) in [6.45, 7) is 3.13. The van der Waals surface area contributed by atoms with Crippen molar-refractivity contribution < 1.29 is 14.3 Å². The first-order valence-corrected chi connectivity index (χ1v) is 16.1. The van der Waals surface area contributed by atoms with Crippen LogP contribution in [0, 0.1) is 5.41 Å². The van der Waals surface area contributed by atoms with Gasteiger partial charge >= 0.3 is 0 Å². The number of nitrogens with zero attached hydrogens (tertiary/aromatic N) is 6. The number of hydrogen-bond acceptors (Lipinski definition) is 7. The fourth-order valence-electron chi connectivity index (χ4n) is 7.07. The van der Waals surface area contributed by atoms with E-state index in [9.17, 15) is 14.3 Å². The zero-order chi connectivity index (χ0) is 30.2. The van der Waals surface area contributed by atoms with Crippen LogP contribution in [0.1, 0.15) is 35.8 Å². The Hall–Kier alpha value is -3.35. The van der Waals surface area contributed by atoms with E-state index in [-0.39, 0.29) is 19.1 Å². The van der Waals surface area contributed by atoms with E-state index >= 15 is 0 Å². The minimum Gasteiger partial charge on any atom is -0.393 e. The van der Waals surface area contributed by atoms with Crippen molar-refractivity contribution in [3.8, 4) is 11.1 Å². The molecule has 1 saturated carbocycles. The number of thiazole rings is 1. The van der Waals surface area contributed by atoms with Crippen LogP contribution in [0.15, 0.2) is 54.4 Å².